The summed E-state index contributed by atoms with van der Waals surface area (Å²) in [6, 6.07) is 0.162. The van der Waals surface area contributed by atoms with Gasteiger partial charge in [-0.1, -0.05) is 39.5 Å². The van der Waals surface area contributed by atoms with Crippen molar-refractivity contribution < 1.29 is 9.90 Å². The van der Waals surface area contributed by atoms with Crippen LogP contribution < -0.4 is 0 Å². The molecule has 0 radical (unpaired) electrons. The summed E-state index contributed by atoms with van der Waals surface area (Å²) >= 11 is 0. The maximum absolute atomic E-state index is 11.4. The zero-order chi connectivity index (χ0) is 12.8. The van der Waals surface area contributed by atoms with E-state index in [-0.39, 0.29) is 6.04 Å². The van der Waals surface area contributed by atoms with Crippen LogP contribution >= 0.6 is 0 Å². The molecule has 1 saturated carbocycles. The average molecular weight is 241 g/mol. The number of likely N-dealkylation sites (N-methyl/N-ethyl adjacent to an activating group) is 1. The normalized spacial score (nSPS) is 20.5. The van der Waals surface area contributed by atoms with Crippen molar-refractivity contribution in [2.24, 2.45) is 5.92 Å². The fourth-order valence-corrected chi connectivity index (χ4v) is 2.81. The molecule has 1 atom stereocenters. The van der Waals surface area contributed by atoms with E-state index in [2.05, 4.69) is 18.7 Å². The van der Waals surface area contributed by atoms with Crippen molar-refractivity contribution in [1.29, 1.82) is 0 Å². The highest BCUT2D eigenvalue weighted by Gasteiger charge is 2.29. The number of hydrogen-bond acceptors (Lipinski definition) is 2. The highest BCUT2D eigenvalue weighted by atomic mass is 16.4. The van der Waals surface area contributed by atoms with Crippen molar-refractivity contribution in [3.63, 3.8) is 0 Å². The highest BCUT2D eigenvalue weighted by molar-refractivity contribution is 5.73. The molecule has 1 fully saturated rings. The van der Waals surface area contributed by atoms with Gasteiger partial charge in [0.2, 0.25) is 0 Å². The lowest BCUT2D eigenvalue weighted by Crippen LogP contribution is -2.45. The molecule has 0 aromatic heterocycles. The zero-order valence-corrected chi connectivity index (χ0v) is 11.5. The summed E-state index contributed by atoms with van der Waals surface area (Å²) in [5, 5.41) is 9.35. The predicted molar refractivity (Wildman–Crippen MR) is 70.1 cm³/mol. The quantitative estimate of drug-likeness (QED) is 0.752. The zero-order valence-electron chi connectivity index (χ0n) is 11.5. The topological polar surface area (TPSA) is 40.5 Å². The third kappa shape index (κ3) is 4.66. The van der Waals surface area contributed by atoms with Gasteiger partial charge in [0.25, 0.3) is 0 Å². The Hall–Kier alpha value is -0.570. The molecule has 0 aromatic carbocycles. The van der Waals surface area contributed by atoms with Gasteiger partial charge in [-0.15, -0.1) is 0 Å². The number of carboxylic acid groups (broad SMARTS) is 1. The monoisotopic (exact) mass is 241 g/mol. The fourth-order valence-electron chi connectivity index (χ4n) is 2.81. The predicted octanol–water partition coefficient (Wildman–Crippen LogP) is 3.14. The Bertz CT molecular complexity index is 232. The minimum Gasteiger partial charge on any atom is -0.480 e. The van der Waals surface area contributed by atoms with E-state index in [0.29, 0.717) is 12.0 Å². The van der Waals surface area contributed by atoms with Crippen LogP contribution in [0.1, 0.15) is 58.8 Å². The summed E-state index contributed by atoms with van der Waals surface area (Å²) in [4.78, 5) is 13.5. The molecule has 0 aromatic rings. The SMILES string of the molecule is CC(C)CC(C(=O)O)N(C)C1CCCCCC1. The molecular formula is C14H27NO2. The van der Waals surface area contributed by atoms with E-state index in [1.807, 2.05) is 7.05 Å². The van der Waals surface area contributed by atoms with E-state index in [1.54, 1.807) is 0 Å². The second-order valence-electron chi connectivity index (χ2n) is 5.79. The molecule has 0 saturated heterocycles. The second kappa shape index (κ2) is 7.00. The first-order chi connectivity index (χ1) is 8.02. The van der Waals surface area contributed by atoms with E-state index in [9.17, 15) is 9.90 Å². The van der Waals surface area contributed by atoms with Gasteiger partial charge in [0.15, 0.2) is 0 Å². The molecule has 0 aliphatic heterocycles. The van der Waals surface area contributed by atoms with Gasteiger partial charge >= 0.3 is 5.97 Å². The van der Waals surface area contributed by atoms with E-state index < -0.39 is 5.97 Å². The summed E-state index contributed by atoms with van der Waals surface area (Å²) in [6.45, 7) is 4.19. The van der Waals surface area contributed by atoms with E-state index in [1.165, 1.54) is 38.5 Å². The molecular weight excluding hydrogens is 214 g/mol. The minimum absolute atomic E-state index is 0.307. The molecule has 0 heterocycles. The van der Waals surface area contributed by atoms with Crippen LogP contribution in [0.4, 0.5) is 0 Å². The van der Waals surface area contributed by atoms with Gasteiger partial charge in [-0.05, 0) is 32.2 Å². The summed E-state index contributed by atoms with van der Waals surface area (Å²) in [7, 11) is 2.00. The Morgan fingerprint density at radius 3 is 2.18 bits per heavy atom. The van der Waals surface area contributed by atoms with Crippen molar-refractivity contribution >= 4 is 5.97 Å². The molecule has 3 nitrogen and oxygen atoms in total. The Kier molecular flexibility index (Phi) is 5.96. The molecule has 3 heteroatoms. The van der Waals surface area contributed by atoms with E-state index >= 15 is 0 Å². The minimum atomic E-state index is -0.662. The van der Waals surface area contributed by atoms with Crippen molar-refractivity contribution in [3.05, 3.63) is 0 Å². The first-order valence-corrected chi connectivity index (χ1v) is 6.97. The first kappa shape index (κ1) is 14.5. The Balaban J connectivity index is 2.61. The lowest BCUT2D eigenvalue weighted by Gasteiger charge is -2.33. The maximum Gasteiger partial charge on any atom is 0.320 e. The van der Waals surface area contributed by atoms with Gasteiger partial charge in [0.1, 0.15) is 6.04 Å². The maximum atomic E-state index is 11.4. The largest absolute Gasteiger partial charge is 0.480 e. The van der Waals surface area contributed by atoms with Crippen LogP contribution in [0.3, 0.4) is 0 Å². The second-order valence-corrected chi connectivity index (χ2v) is 5.79. The molecule has 0 spiro atoms. The van der Waals surface area contributed by atoms with Crippen molar-refractivity contribution in [2.75, 3.05) is 7.05 Å². The van der Waals surface area contributed by atoms with Crippen LogP contribution in [0.5, 0.6) is 0 Å². The molecule has 0 amide bonds. The van der Waals surface area contributed by atoms with Gasteiger partial charge < -0.3 is 5.11 Å². The number of carboxylic acids is 1. The summed E-state index contributed by atoms with van der Waals surface area (Å²) in [6.07, 6.45) is 8.21. The molecule has 100 valence electrons. The van der Waals surface area contributed by atoms with Crippen LogP contribution in [-0.2, 0) is 4.79 Å². The molecule has 1 aliphatic carbocycles. The summed E-state index contributed by atoms with van der Waals surface area (Å²) < 4.78 is 0. The fraction of sp³-hybridized carbons (Fsp3) is 0.929. The Morgan fingerprint density at radius 2 is 1.76 bits per heavy atom. The van der Waals surface area contributed by atoms with Crippen LogP contribution in [-0.4, -0.2) is 35.1 Å². The number of carbonyl (C=O) groups is 1. The number of rotatable bonds is 5. The lowest BCUT2D eigenvalue weighted by atomic mass is 9.99. The molecule has 1 aliphatic rings. The van der Waals surface area contributed by atoms with Gasteiger partial charge in [-0.2, -0.15) is 0 Å². The van der Waals surface area contributed by atoms with Crippen LogP contribution in [0.2, 0.25) is 0 Å². The van der Waals surface area contributed by atoms with Crippen LogP contribution in [0.15, 0.2) is 0 Å². The lowest BCUT2D eigenvalue weighted by molar-refractivity contribution is -0.144. The number of aliphatic carboxylic acids is 1. The van der Waals surface area contributed by atoms with Crippen LogP contribution in [0.25, 0.3) is 0 Å². The summed E-state index contributed by atoms with van der Waals surface area (Å²) in [5.74, 6) is -0.227. The van der Waals surface area contributed by atoms with Gasteiger partial charge in [-0.25, -0.2) is 0 Å². The highest BCUT2D eigenvalue weighted by Crippen LogP contribution is 2.24. The smallest absolute Gasteiger partial charge is 0.320 e. The van der Waals surface area contributed by atoms with Gasteiger partial charge in [0.05, 0.1) is 0 Å². The molecule has 0 bridgehead atoms. The van der Waals surface area contributed by atoms with Gasteiger partial charge in [0, 0.05) is 6.04 Å². The Labute approximate surface area is 105 Å². The molecule has 1 rings (SSSR count). The third-order valence-electron chi connectivity index (χ3n) is 3.87. The molecule has 1 N–H and O–H groups in total. The molecule has 1 unspecified atom stereocenters. The molecule has 17 heavy (non-hydrogen) atoms. The summed E-state index contributed by atoms with van der Waals surface area (Å²) in [5.41, 5.74) is 0. The average Bonchev–Trinajstić information content (AvgIpc) is 2.52. The number of nitrogens with zero attached hydrogens (tertiary/aromatic N) is 1. The van der Waals surface area contributed by atoms with Crippen molar-refractivity contribution in [2.45, 2.75) is 70.9 Å². The Morgan fingerprint density at radius 1 is 1.24 bits per heavy atom. The van der Waals surface area contributed by atoms with Gasteiger partial charge in [-0.3, -0.25) is 9.69 Å². The number of hydrogen-bond donors (Lipinski definition) is 1. The van der Waals surface area contributed by atoms with Crippen LogP contribution in [0, 0.1) is 5.92 Å². The van der Waals surface area contributed by atoms with Crippen molar-refractivity contribution in [3.8, 4) is 0 Å². The standard InChI is InChI=1S/C14H27NO2/c1-11(2)10-13(14(16)17)15(3)12-8-6-4-5-7-9-12/h11-13H,4-10H2,1-3H3,(H,16,17). The third-order valence-corrected chi connectivity index (χ3v) is 3.87. The van der Waals surface area contributed by atoms with E-state index in [0.717, 1.165) is 6.42 Å². The van der Waals surface area contributed by atoms with Crippen molar-refractivity contribution in [1.82, 2.24) is 4.90 Å². The van der Waals surface area contributed by atoms with E-state index in [4.69, 9.17) is 0 Å². The first-order valence-electron chi connectivity index (χ1n) is 6.97.